The number of carbonyl (C=O) groups excluding carboxylic acids is 1. The molecule has 2 aliphatic rings. The number of benzene rings is 3. The van der Waals surface area contributed by atoms with Gasteiger partial charge in [-0.15, -0.1) is 0 Å². The molecule has 1 fully saturated rings. The Balaban J connectivity index is 1.65. The molecule has 3 aromatic carbocycles. The van der Waals surface area contributed by atoms with E-state index in [2.05, 4.69) is 21.1 Å². The normalized spacial score (nSPS) is 20.5. The molecule has 0 saturated carbocycles. The lowest BCUT2D eigenvalue weighted by atomic mass is 9.99. The van der Waals surface area contributed by atoms with Crippen molar-refractivity contribution in [1.29, 1.82) is 0 Å². The number of carbonyl (C=O) groups is 1. The SMILES string of the molecule is CCNC(=O)CC1N=C(c2ccc(Cl)cc2)c2cc(Oc3c(F)cccc3F)ccc2N2C(C)NNC12. The number of halogens is 3. The van der Waals surface area contributed by atoms with Crippen molar-refractivity contribution >= 4 is 28.9 Å². The lowest BCUT2D eigenvalue weighted by molar-refractivity contribution is -0.121. The van der Waals surface area contributed by atoms with Crippen LogP contribution in [0.5, 0.6) is 11.5 Å². The van der Waals surface area contributed by atoms with Crippen molar-refractivity contribution in [2.75, 3.05) is 11.4 Å². The Kier molecular flexibility index (Phi) is 7.10. The molecule has 3 unspecified atom stereocenters. The molecule has 10 heteroatoms. The minimum absolute atomic E-state index is 0.113. The minimum atomic E-state index is -0.801. The van der Waals surface area contributed by atoms with Crippen molar-refractivity contribution in [3.8, 4) is 11.5 Å². The van der Waals surface area contributed by atoms with E-state index in [1.54, 1.807) is 24.3 Å². The molecule has 37 heavy (non-hydrogen) atoms. The van der Waals surface area contributed by atoms with E-state index < -0.39 is 23.4 Å². The van der Waals surface area contributed by atoms with Crippen molar-refractivity contribution < 1.29 is 18.3 Å². The molecule has 0 aliphatic carbocycles. The van der Waals surface area contributed by atoms with Gasteiger partial charge in [0.25, 0.3) is 0 Å². The van der Waals surface area contributed by atoms with Gasteiger partial charge in [-0.05, 0) is 56.3 Å². The summed E-state index contributed by atoms with van der Waals surface area (Å²) in [7, 11) is 0. The van der Waals surface area contributed by atoms with Gasteiger partial charge in [-0.3, -0.25) is 9.79 Å². The molecular weight excluding hydrogens is 500 g/mol. The molecule has 0 radical (unpaired) electrons. The number of fused-ring (bicyclic) bond motifs is 3. The quantitative estimate of drug-likeness (QED) is 0.433. The first-order valence-corrected chi connectivity index (χ1v) is 12.4. The molecule has 7 nitrogen and oxygen atoms in total. The fourth-order valence-corrected chi connectivity index (χ4v) is 4.80. The van der Waals surface area contributed by atoms with Crippen LogP contribution in [0.15, 0.2) is 65.7 Å². The zero-order chi connectivity index (χ0) is 26.1. The highest BCUT2D eigenvalue weighted by atomic mass is 35.5. The Hall–Kier alpha value is -3.53. The van der Waals surface area contributed by atoms with Crippen molar-refractivity contribution in [2.24, 2.45) is 4.99 Å². The first-order valence-electron chi connectivity index (χ1n) is 12.0. The number of nitrogens with zero attached hydrogens (tertiary/aromatic N) is 2. The van der Waals surface area contributed by atoms with Crippen molar-refractivity contribution in [2.45, 2.75) is 38.6 Å². The van der Waals surface area contributed by atoms with Gasteiger partial charge in [0.1, 0.15) is 11.9 Å². The summed E-state index contributed by atoms with van der Waals surface area (Å²) in [5.41, 5.74) is 9.41. The number of hydrogen-bond acceptors (Lipinski definition) is 6. The summed E-state index contributed by atoms with van der Waals surface area (Å²) in [6, 6.07) is 15.6. The molecule has 2 aliphatic heterocycles. The zero-order valence-electron chi connectivity index (χ0n) is 20.3. The van der Waals surface area contributed by atoms with E-state index in [-0.39, 0.29) is 30.4 Å². The molecule has 2 heterocycles. The summed E-state index contributed by atoms with van der Waals surface area (Å²) < 4.78 is 34.3. The summed E-state index contributed by atoms with van der Waals surface area (Å²) in [5.74, 6) is -1.95. The number of anilines is 1. The van der Waals surface area contributed by atoms with Gasteiger partial charge in [-0.1, -0.05) is 29.8 Å². The third kappa shape index (κ3) is 5.02. The van der Waals surface area contributed by atoms with Crippen LogP contribution >= 0.6 is 11.6 Å². The number of hydrogen-bond donors (Lipinski definition) is 3. The molecular formula is C27H26ClF2N5O2. The maximum atomic E-state index is 14.3. The molecule has 0 aromatic heterocycles. The Labute approximate surface area is 218 Å². The maximum Gasteiger partial charge on any atom is 0.222 e. The lowest BCUT2D eigenvalue weighted by Gasteiger charge is -2.31. The largest absolute Gasteiger partial charge is 0.451 e. The van der Waals surface area contributed by atoms with Crippen LogP contribution in [0.2, 0.25) is 5.02 Å². The molecule has 0 spiro atoms. The first-order chi connectivity index (χ1) is 17.9. The highest BCUT2D eigenvalue weighted by molar-refractivity contribution is 6.30. The van der Waals surface area contributed by atoms with Gasteiger partial charge in [0.05, 0.1) is 24.3 Å². The number of nitrogens with one attached hydrogen (secondary N) is 3. The molecule has 1 amide bonds. The smallest absolute Gasteiger partial charge is 0.222 e. The van der Waals surface area contributed by atoms with Crippen molar-refractivity contribution in [3.63, 3.8) is 0 Å². The van der Waals surface area contributed by atoms with Gasteiger partial charge in [0.15, 0.2) is 17.4 Å². The van der Waals surface area contributed by atoms with E-state index in [0.29, 0.717) is 22.8 Å². The monoisotopic (exact) mass is 525 g/mol. The molecule has 0 bridgehead atoms. The van der Waals surface area contributed by atoms with Gasteiger partial charge in [-0.25, -0.2) is 19.6 Å². The van der Waals surface area contributed by atoms with Gasteiger partial charge in [0.2, 0.25) is 5.91 Å². The molecule has 3 atom stereocenters. The Morgan fingerprint density at radius 1 is 1.11 bits per heavy atom. The van der Waals surface area contributed by atoms with Crippen LogP contribution in [0.1, 0.15) is 31.4 Å². The average Bonchev–Trinajstić information content (AvgIpc) is 3.19. The van der Waals surface area contributed by atoms with E-state index in [0.717, 1.165) is 23.4 Å². The summed E-state index contributed by atoms with van der Waals surface area (Å²) in [6.07, 6.45) is -0.293. The molecule has 1 saturated heterocycles. The summed E-state index contributed by atoms with van der Waals surface area (Å²) in [5, 5.41) is 3.42. The van der Waals surface area contributed by atoms with Crippen molar-refractivity contribution in [1.82, 2.24) is 16.2 Å². The number of para-hydroxylation sites is 1. The van der Waals surface area contributed by atoms with Crippen LogP contribution in [0, 0.1) is 11.6 Å². The van der Waals surface area contributed by atoms with Gasteiger partial charge in [0, 0.05) is 28.4 Å². The average molecular weight is 526 g/mol. The summed E-state index contributed by atoms with van der Waals surface area (Å²) >= 11 is 6.15. The van der Waals surface area contributed by atoms with Crippen LogP contribution in [-0.2, 0) is 4.79 Å². The third-order valence-electron chi connectivity index (χ3n) is 6.34. The van der Waals surface area contributed by atoms with Gasteiger partial charge < -0.3 is 15.0 Å². The number of rotatable bonds is 6. The lowest BCUT2D eigenvalue weighted by Crippen LogP contribution is -2.47. The van der Waals surface area contributed by atoms with E-state index in [1.165, 1.54) is 6.07 Å². The third-order valence-corrected chi connectivity index (χ3v) is 6.59. The Bertz CT molecular complexity index is 1330. The second kappa shape index (κ2) is 10.5. The van der Waals surface area contributed by atoms with Crippen LogP contribution in [0.4, 0.5) is 14.5 Å². The second-order valence-corrected chi connectivity index (χ2v) is 9.29. The molecule has 5 rings (SSSR count). The number of ether oxygens (including phenoxy) is 1. The first kappa shape index (κ1) is 25.1. The highest BCUT2D eigenvalue weighted by Crippen LogP contribution is 2.37. The van der Waals surface area contributed by atoms with Crippen molar-refractivity contribution in [3.05, 3.63) is 88.4 Å². The predicted octanol–water partition coefficient (Wildman–Crippen LogP) is 4.74. The topological polar surface area (TPSA) is 78.0 Å². The number of hydrazine groups is 1. The van der Waals surface area contributed by atoms with Crippen LogP contribution in [0.3, 0.4) is 0 Å². The standard InChI is InChI=1S/C27H26ClF2N5O2/c1-3-31-24(36)14-22-27-34-33-15(2)35(27)23-12-11-18(37-26-20(29)5-4-6-21(26)30)13-19(23)25(32-22)16-7-9-17(28)10-8-16/h4-13,15,22,27,33-34H,3,14H2,1-2H3,(H,31,36). The fraction of sp³-hybridized carbons (Fsp3) is 0.259. The van der Waals surface area contributed by atoms with Crippen LogP contribution in [-0.4, -0.2) is 36.5 Å². The minimum Gasteiger partial charge on any atom is -0.451 e. The van der Waals surface area contributed by atoms with E-state index in [1.807, 2.05) is 32.0 Å². The summed E-state index contributed by atoms with van der Waals surface area (Å²) in [4.78, 5) is 19.8. The fourth-order valence-electron chi connectivity index (χ4n) is 4.68. The Morgan fingerprint density at radius 2 is 1.84 bits per heavy atom. The van der Waals surface area contributed by atoms with Gasteiger partial charge >= 0.3 is 0 Å². The highest BCUT2D eigenvalue weighted by Gasteiger charge is 2.40. The van der Waals surface area contributed by atoms with Crippen LogP contribution in [0.25, 0.3) is 0 Å². The number of aliphatic imine (C=N–C) groups is 1. The summed E-state index contributed by atoms with van der Waals surface area (Å²) in [6.45, 7) is 4.38. The van der Waals surface area contributed by atoms with E-state index >= 15 is 0 Å². The second-order valence-electron chi connectivity index (χ2n) is 8.86. The predicted molar refractivity (Wildman–Crippen MR) is 139 cm³/mol. The molecule has 3 N–H and O–H groups in total. The van der Waals surface area contributed by atoms with Gasteiger partial charge in [-0.2, -0.15) is 0 Å². The maximum absolute atomic E-state index is 14.3. The van der Waals surface area contributed by atoms with Crippen LogP contribution < -0.4 is 25.8 Å². The van der Waals surface area contributed by atoms with E-state index in [9.17, 15) is 13.6 Å². The van der Waals surface area contributed by atoms with E-state index in [4.69, 9.17) is 21.3 Å². The Morgan fingerprint density at radius 3 is 2.54 bits per heavy atom. The number of amides is 1. The zero-order valence-corrected chi connectivity index (χ0v) is 21.0. The molecule has 192 valence electrons. The molecule has 3 aromatic rings.